The highest BCUT2D eigenvalue weighted by molar-refractivity contribution is 8.00. The number of nitrogens with one attached hydrogen (secondary N) is 1. The van der Waals surface area contributed by atoms with Gasteiger partial charge in [-0.2, -0.15) is 0 Å². The second-order valence-electron chi connectivity index (χ2n) is 4.17. The second-order valence-corrected chi connectivity index (χ2v) is 5.53. The van der Waals surface area contributed by atoms with E-state index in [2.05, 4.69) is 19.2 Å². The van der Waals surface area contributed by atoms with E-state index in [1.807, 2.05) is 30.3 Å². The Hall–Kier alpha value is -0.670. The van der Waals surface area contributed by atoms with Gasteiger partial charge in [0, 0.05) is 16.8 Å². The first kappa shape index (κ1) is 14.4. The lowest BCUT2D eigenvalue weighted by molar-refractivity contribution is -0.119. The highest BCUT2D eigenvalue weighted by Crippen LogP contribution is 2.16. The van der Waals surface area contributed by atoms with E-state index in [4.69, 9.17) is 11.6 Å². The number of amides is 1. The molecule has 0 aromatic heterocycles. The summed E-state index contributed by atoms with van der Waals surface area (Å²) in [6, 6.07) is 9.96. The summed E-state index contributed by atoms with van der Waals surface area (Å²) in [5.41, 5.74) is 0. The van der Waals surface area contributed by atoms with Crippen LogP contribution in [0.4, 0.5) is 0 Å². The standard InChI is InChI=1S/C13H18ClNOS/c1-10(2)12(8-14)15-13(16)9-17-11-6-4-3-5-7-11/h3-7,10,12H,8-9H2,1-2H3,(H,15,16). The number of carbonyl (C=O) groups is 1. The quantitative estimate of drug-likeness (QED) is 0.636. The van der Waals surface area contributed by atoms with Crippen LogP contribution in [-0.2, 0) is 4.79 Å². The maximum absolute atomic E-state index is 11.7. The van der Waals surface area contributed by atoms with Gasteiger partial charge in [-0.15, -0.1) is 23.4 Å². The smallest absolute Gasteiger partial charge is 0.230 e. The van der Waals surface area contributed by atoms with Gasteiger partial charge < -0.3 is 5.32 Å². The van der Waals surface area contributed by atoms with Crippen molar-refractivity contribution in [3.05, 3.63) is 30.3 Å². The topological polar surface area (TPSA) is 29.1 Å². The third kappa shape index (κ3) is 5.46. The summed E-state index contributed by atoms with van der Waals surface area (Å²) in [5, 5.41) is 2.94. The average Bonchev–Trinajstić information content (AvgIpc) is 2.34. The van der Waals surface area contributed by atoms with Gasteiger partial charge in [-0.05, 0) is 18.1 Å². The molecule has 4 heteroatoms. The molecule has 1 amide bonds. The molecule has 0 aliphatic rings. The summed E-state index contributed by atoms with van der Waals surface area (Å²) in [5.74, 6) is 1.29. The van der Waals surface area contributed by atoms with Gasteiger partial charge in [0.1, 0.15) is 0 Å². The lowest BCUT2D eigenvalue weighted by Gasteiger charge is -2.19. The number of hydrogen-bond donors (Lipinski definition) is 1. The molecule has 0 fully saturated rings. The van der Waals surface area contributed by atoms with Crippen LogP contribution in [0.1, 0.15) is 13.8 Å². The SMILES string of the molecule is CC(C)C(CCl)NC(=O)CSc1ccccc1. The fourth-order valence-corrected chi connectivity index (χ4v) is 2.46. The molecule has 2 nitrogen and oxygen atoms in total. The van der Waals surface area contributed by atoms with Crippen molar-refractivity contribution in [2.75, 3.05) is 11.6 Å². The van der Waals surface area contributed by atoms with Gasteiger partial charge in [0.2, 0.25) is 5.91 Å². The Morgan fingerprint density at radius 2 is 2.00 bits per heavy atom. The van der Waals surface area contributed by atoms with Gasteiger partial charge in [0.15, 0.2) is 0 Å². The van der Waals surface area contributed by atoms with E-state index in [9.17, 15) is 4.79 Å². The van der Waals surface area contributed by atoms with Crippen LogP contribution in [0.25, 0.3) is 0 Å². The fraction of sp³-hybridized carbons (Fsp3) is 0.462. The number of benzene rings is 1. The van der Waals surface area contributed by atoms with E-state index in [0.717, 1.165) is 4.90 Å². The largest absolute Gasteiger partial charge is 0.351 e. The molecule has 0 saturated carbocycles. The Labute approximate surface area is 112 Å². The molecule has 0 aliphatic heterocycles. The molecular weight excluding hydrogens is 254 g/mol. The van der Waals surface area contributed by atoms with Crippen LogP contribution in [0.2, 0.25) is 0 Å². The van der Waals surface area contributed by atoms with Crippen LogP contribution in [0, 0.1) is 5.92 Å². The number of rotatable bonds is 6. The van der Waals surface area contributed by atoms with Crippen molar-refractivity contribution in [3.8, 4) is 0 Å². The maximum Gasteiger partial charge on any atom is 0.230 e. The summed E-state index contributed by atoms with van der Waals surface area (Å²) >= 11 is 7.34. The maximum atomic E-state index is 11.7. The Bertz CT molecular complexity index is 343. The molecule has 0 spiro atoms. The van der Waals surface area contributed by atoms with Crippen molar-refractivity contribution in [2.24, 2.45) is 5.92 Å². The van der Waals surface area contributed by atoms with Crippen LogP contribution in [0.15, 0.2) is 35.2 Å². The molecule has 94 valence electrons. The van der Waals surface area contributed by atoms with E-state index in [1.165, 1.54) is 11.8 Å². The van der Waals surface area contributed by atoms with E-state index in [-0.39, 0.29) is 11.9 Å². The summed E-state index contributed by atoms with van der Waals surface area (Å²) in [6.45, 7) is 4.11. The van der Waals surface area contributed by atoms with Crippen molar-refractivity contribution >= 4 is 29.3 Å². The summed E-state index contributed by atoms with van der Waals surface area (Å²) in [4.78, 5) is 12.8. The van der Waals surface area contributed by atoms with E-state index in [1.54, 1.807) is 0 Å². The molecular formula is C13H18ClNOS. The van der Waals surface area contributed by atoms with Crippen molar-refractivity contribution in [1.82, 2.24) is 5.32 Å². The summed E-state index contributed by atoms with van der Waals surface area (Å²) in [6.07, 6.45) is 0. The van der Waals surface area contributed by atoms with Gasteiger partial charge in [-0.25, -0.2) is 0 Å². The van der Waals surface area contributed by atoms with Gasteiger partial charge in [-0.3, -0.25) is 4.79 Å². The van der Waals surface area contributed by atoms with E-state index in [0.29, 0.717) is 17.6 Å². The highest BCUT2D eigenvalue weighted by Gasteiger charge is 2.14. The van der Waals surface area contributed by atoms with Crippen molar-refractivity contribution in [3.63, 3.8) is 0 Å². The zero-order valence-electron chi connectivity index (χ0n) is 10.2. The molecule has 0 heterocycles. The minimum atomic E-state index is 0.0400. The van der Waals surface area contributed by atoms with Crippen molar-refractivity contribution in [1.29, 1.82) is 0 Å². The Kier molecular flexibility index (Phi) is 6.45. The third-order valence-electron chi connectivity index (χ3n) is 2.43. The summed E-state index contributed by atoms with van der Waals surface area (Å²) in [7, 11) is 0. The fourth-order valence-electron chi connectivity index (χ4n) is 1.30. The Balaban J connectivity index is 2.35. The van der Waals surface area contributed by atoms with Crippen LogP contribution >= 0.6 is 23.4 Å². The first-order valence-electron chi connectivity index (χ1n) is 5.66. The molecule has 1 N–H and O–H groups in total. The first-order chi connectivity index (χ1) is 8.13. The van der Waals surface area contributed by atoms with Gasteiger partial charge in [-0.1, -0.05) is 32.0 Å². The highest BCUT2D eigenvalue weighted by atomic mass is 35.5. The van der Waals surface area contributed by atoms with Crippen molar-refractivity contribution < 1.29 is 4.79 Å². The number of halogens is 1. The zero-order chi connectivity index (χ0) is 12.7. The van der Waals surface area contributed by atoms with Crippen LogP contribution in [-0.4, -0.2) is 23.6 Å². The molecule has 1 unspecified atom stereocenters. The number of thioether (sulfide) groups is 1. The van der Waals surface area contributed by atoms with Crippen LogP contribution in [0.5, 0.6) is 0 Å². The van der Waals surface area contributed by atoms with Crippen LogP contribution in [0.3, 0.4) is 0 Å². The Morgan fingerprint density at radius 1 is 1.35 bits per heavy atom. The minimum absolute atomic E-state index is 0.0400. The molecule has 0 bridgehead atoms. The molecule has 1 aromatic rings. The third-order valence-corrected chi connectivity index (χ3v) is 3.77. The number of hydrogen-bond acceptors (Lipinski definition) is 2. The molecule has 0 saturated heterocycles. The molecule has 0 radical (unpaired) electrons. The number of alkyl halides is 1. The lowest BCUT2D eigenvalue weighted by Crippen LogP contribution is -2.40. The molecule has 1 atom stereocenters. The zero-order valence-corrected chi connectivity index (χ0v) is 11.7. The van der Waals surface area contributed by atoms with Gasteiger partial charge >= 0.3 is 0 Å². The average molecular weight is 272 g/mol. The van der Waals surface area contributed by atoms with Crippen molar-refractivity contribution in [2.45, 2.75) is 24.8 Å². The molecule has 0 aliphatic carbocycles. The molecule has 1 rings (SSSR count). The number of carbonyl (C=O) groups excluding carboxylic acids is 1. The van der Waals surface area contributed by atoms with E-state index >= 15 is 0 Å². The lowest BCUT2D eigenvalue weighted by atomic mass is 10.1. The van der Waals surface area contributed by atoms with E-state index < -0.39 is 0 Å². The Morgan fingerprint density at radius 3 is 2.53 bits per heavy atom. The normalized spacial score (nSPS) is 12.5. The van der Waals surface area contributed by atoms with Gasteiger partial charge in [0.05, 0.1) is 5.75 Å². The minimum Gasteiger partial charge on any atom is -0.351 e. The van der Waals surface area contributed by atoms with Gasteiger partial charge in [0.25, 0.3) is 0 Å². The molecule has 17 heavy (non-hydrogen) atoms. The second kappa shape index (κ2) is 7.62. The van der Waals surface area contributed by atoms with Crippen LogP contribution < -0.4 is 5.32 Å². The summed E-state index contributed by atoms with van der Waals surface area (Å²) < 4.78 is 0. The predicted octanol–water partition coefficient (Wildman–Crippen LogP) is 3.16. The monoisotopic (exact) mass is 271 g/mol. The molecule has 1 aromatic carbocycles. The first-order valence-corrected chi connectivity index (χ1v) is 7.18. The predicted molar refractivity (Wildman–Crippen MR) is 74.7 cm³/mol.